The monoisotopic (exact) mass is 361 g/mol. The summed E-state index contributed by atoms with van der Waals surface area (Å²) in [6.07, 6.45) is -1.59. The molecule has 4 nitrogen and oxygen atoms in total. The van der Waals surface area contributed by atoms with E-state index in [9.17, 15) is 18.0 Å². The second-order valence-electron chi connectivity index (χ2n) is 4.26. The summed E-state index contributed by atoms with van der Waals surface area (Å²) in [5.74, 6) is -0.710. The number of halogens is 4. The van der Waals surface area contributed by atoms with Gasteiger partial charge in [0.15, 0.2) is 0 Å². The largest absolute Gasteiger partial charge is 0.406 e. The molecule has 1 heterocycles. The maximum Gasteiger partial charge on any atom is 0.406 e. The molecule has 2 rings (SSSR count). The van der Waals surface area contributed by atoms with Crippen LogP contribution in [0, 0.1) is 0 Å². The molecule has 0 radical (unpaired) electrons. The minimum atomic E-state index is -4.45. The number of alkyl halides is 4. The quantitative estimate of drug-likeness (QED) is 0.786. The molecule has 0 saturated carbocycles. The van der Waals surface area contributed by atoms with Crippen LogP contribution in [0.4, 0.5) is 13.2 Å². The first-order valence-electron chi connectivity index (χ1n) is 6.04. The SMILES string of the molecule is O=C(c1cccc2nccnc12)N(CCBr)CC(F)(F)F. The van der Waals surface area contributed by atoms with Crippen molar-refractivity contribution in [3.8, 4) is 0 Å². The third-order valence-electron chi connectivity index (χ3n) is 2.74. The Morgan fingerprint density at radius 3 is 2.62 bits per heavy atom. The lowest BCUT2D eigenvalue weighted by Gasteiger charge is -2.23. The van der Waals surface area contributed by atoms with Crippen molar-refractivity contribution in [3.05, 3.63) is 36.2 Å². The Labute approximate surface area is 127 Å². The van der Waals surface area contributed by atoms with Crippen LogP contribution in [0.3, 0.4) is 0 Å². The van der Waals surface area contributed by atoms with Crippen LogP contribution in [0.5, 0.6) is 0 Å². The first-order chi connectivity index (χ1) is 9.92. The molecule has 1 amide bonds. The van der Waals surface area contributed by atoms with Gasteiger partial charge in [-0.1, -0.05) is 22.0 Å². The Balaban J connectivity index is 2.39. The summed E-state index contributed by atoms with van der Waals surface area (Å²) in [5.41, 5.74) is 0.881. The van der Waals surface area contributed by atoms with Gasteiger partial charge in [0, 0.05) is 24.3 Å². The minimum absolute atomic E-state index is 0.0466. The summed E-state index contributed by atoms with van der Waals surface area (Å²) >= 11 is 3.06. The number of carbonyl (C=O) groups is 1. The summed E-state index contributed by atoms with van der Waals surface area (Å²) in [5, 5.41) is 0.255. The number of benzene rings is 1. The van der Waals surface area contributed by atoms with Crippen LogP contribution >= 0.6 is 15.9 Å². The number of aromatic nitrogens is 2. The second kappa shape index (κ2) is 6.38. The third-order valence-corrected chi connectivity index (χ3v) is 3.10. The molecule has 0 spiro atoms. The van der Waals surface area contributed by atoms with Crippen molar-refractivity contribution in [2.75, 3.05) is 18.4 Å². The van der Waals surface area contributed by atoms with Crippen molar-refractivity contribution in [1.29, 1.82) is 0 Å². The van der Waals surface area contributed by atoms with Crippen molar-refractivity contribution in [3.63, 3.8) is 0 Å². The van der Waals surface area contributed by atoms with Crippen LogP contribution in [0.1, 0.15) is 10.4 Å². The molecular formula is C13H11BrF3N3O. The van der Waals surface area contributed by atoms with Gasteiger partial charge in [0.1, 0.15) is 12.1 Å². The lowest BCUT2D eigenvalue weighted by atomic mass is 10.1. The minimum Gasteiger partial charge on any atom is -0.329 e. The number of rotatable bonds is 4. The van der Waals surface area contributed by atoms with Crippen LogP contribution in [-0.2, 0) is 0 Å². The Morgan fingerprint density at radius 2 is 1.95 bits per heavy atom. The standard InChI is InChI=1S/C13H11BrF3N3O/c14-4-7-20(8-13(15,16)17)12(21)9-2-1-3-10-11(9)19-6-5-18-10/h1-3,5-6H,4,7-8H2. The normalized spacial score (nSPS) is 11.6. The van der Waals surface area contributed by atoms with E-state index in [1.54, 1.807) is 12.1 Å². The fourth-order valence-corrected chi connectivity index (χ4v) is 2.33. The third kappa shape index (κ3) is 3.90. The first-order valence-corrected chi connectivity index (χ1v) is 7.16. The molecule has 21 heavy (non-hydrogen) atoms. The summed E-state index contributed by atoms with van der Waals surface area (Å²) in [7, 11) is 0. The predicted octanol–water partition coefficient (Wildman–Crippen LogP) is 3.03. The van der Waals surface area contributed by atoms with E-state index in [4.69, 9.17) is 0 Å². The van der Waals surface area contributed by atoms with Gasteiger partial charge in [-0.3, -0.25) is 14.8 Å². The van der Waals surface area contributed by atoms with Crippen molar-refractivity contribution >= 4 is 32.9 Å². The van der Waals surface area contributed by atoms with E-state index in [0.717, 1.165) is 4.90 Å². The molecule has 2 aromatic rings. The predicted molar refractivity (Wildman–Crippen MR) is 75.3 cm³/mol. The molecule has 1 aromatic heterocycles. The molecule has 0 atom stereocenters. The Bertz CT molecular complexity index is 643. The fourth-order valence-electron chi connectivity index (χ4n) is 1.91. The molecule has 0 aliphatic carbocycles. The van der Waals surface area contributed by atoms with Gasteiger partial charge in [-0.25, -0.2) is 0 Å². The topological polar surface area (TPSA) is 46.1 Å². The van der Waals surface area contributed by atoms with Crippen molar-refractivity contribution in [2.45, 2.75) is 6.18 Å². The highest BCUT2D eigenvalue weighted by Gasteiger charge is 2.33. The van der Waals surface area contributed by atoms with Crippen LogP contribution < -0.4 is 0 Å². The van der Waals surface area contributed by atoms with E-state index in [-0.39, 0.29) is 17.4 Å². The van der Waals surface area contributed by atoms with Gasteiger partial charge in [0.25, 0.3) is 5.91 Å². The Kier molecular flexibility index (Phi) is 4.76. The maximum absolute atomic E-state index is 12.6. The number of nitrogens with zero attached hydrogens (tertiary/aromatic N) is 3. The lowest BCUT2D eigenvalue weighted by molar-refractivity contribution is -0.140. The molecule has 0 fully saturated rings. The molecule has 0 aliphatic rings. The molecule has 8 heteroatoms. The van der Waals surface area contributed by atoms with E-state index in [1.165, 1.54) is 18.5 Å². The van der Waals surface area contributed by atoms with E-state index in [0.29, 0.717) is 11.0 Å². The number of hydrogen-bond donors (Lipinski definition) is 0. The lowest BCUT2D eigenvalue weighted by Crippen LogP contribution is -2.40. The van der Waals surface area contributed by atoms with Gasteiger partial charge in [-0.2, -0.15) is 13.2 Å². The van der Waals surface area contributed by atoms with Crippen LogP contribution in [-0.4, -0.2) is 45.4 Å². The average molecular weight is 362 g/mol. The number of carbonyl (C=O) groups excluding carboxylic acids is 1. The molecule has 0 N–H and O–H groups in total. The Morgan fingerprint density at radius 1 is 1.24 bits per heavy atom. The highest BCUT2D eigenvalue weighted by Crippen LogP contribution is 2.21. The van der Waals surface area contributed by atoms with E-state index in [2.05, 4.69) is 25.9 Å². The van der Waals surface area contributed by atoms with E-state index in [1.807, 2.05) is 0 Å². The molecule has 112 valence electrons. The summed E-state index contributed by atoms with van der Waals surface area (Å²) in [6, 6.07) is 4.68. The zero-order valence-electron chi connectivity index (χ0n) is 10.8. The number of fused-ring (bicyclic) bond motifs is 1. The molecule has 0 aliphatic heterocycles. The second-order valence-corrected chi connectivity index (χ2v) is 5.05. The smallest absolute Gasteiger partial charge is 0.329 e. The van der Waals surface area contributed by atoms with Crippen molar-refractivity contribution in [2.24, 2.45) is 0 Å². The van der Waals surface area contributed by atoms with E-state index < -0.39 is 18.6 Å². The highest BCUT2D eigenvalue weighted by atomic mass is 79.9. The van der Waals surface area contributed by atoms with Gasteiger partial charge >= 0.3 is 6.18 Å². The maximum atomic E-state index is 12.6. The van der Waals surface area contributed by atoms with Crippen LogP contribution in [0.15, 0.2) is 30.6 Å². The summed E-state index contributed by atoms with van der Waals surface area (Å²) < 4.78 is 37.7. The Hall–Kier alpha value is -1.70. The molecular weight excluding hydrogens is 351 g/mol. The fraction of sp³-hybridized carbons (Fsp3) is 0.308. The van der Waals surface area contributed by atoms with Crippen molar-refractivity contribution in [1.82, 2.24) is 14.9 Å². The number of amides is 1. The summed E-state index contributed by atoms with van der Waals surface area (Å²) in [6.45, 7) is -1.34. The van der Waals surface area contributed by atoms with Gasteiger partial charge in [0.2, 0.25) is 0 Å². The van der Waals surface area contributed by atoms with Crippen LogP contribution in [0.25, 0.3) is 11.0 Å². The average Bonchev–Trinajstić information content (AvgIpc) is 2.44. The summed E-state index contributed by atoms with van der Waals surface area (Å²) in [4.78, 5) is 21.2. The number of hydrogen-bond acceptors (Lipinski definition) is 3. The van der Waals surface area contributed by atoms with Crippen LogP contribution in [0.2, 0.25) is 0 Å². The van der Waals surface area contributed by atoms with E-state index >= 15 is 0 Å². The van der Waals surface area contributed by atoms with Gasteiger partial charge in [-0.05, 0) is 12.1 Å². The zero-order chi connectivity index (χ0) is 15.5. The molecule has 0 unspecified atom stereocenters. The zero-order valence-corrected chi connectivity index (χ0v) is 12.4. The molecule has 0 saturated heterocycles. The molecule has 1 aromatic carbocycles. The van der Waals surface area contributed by atoms with Gasteiger partial charge in [-0.15, -0.1) is 0 Å². The first kappa shape index (κ1) is 15.7. The van der Waals surface area contributed by atoms with Crippen molar-refractivity contribution < 1.29 is 18.0 Å². The van der Waals surface area contributed by atoms with Gasteiger partial charge < -0.3 is 4.90 Å². The van der Waals surface area contributed by atoms with Gasteiger partial charge in [0.05, 0.1) is 11.1 Å². The molecule has 0 bridgehead atoms. The number of para-hydroxylation sites is 1. The highest BCUT2D eigenvalue weighted by molar-refractivity contribution is 9.09.